The zero-order valence-electron chi connectivity index (χ0n) is 16.2. The van der Waals surface area contributed by atoms with E-state index in [9.17, 15) is 19.2 Å². The fourth-order valence-corrected chi connectivity index (χ4v) is 2.98. The van der Waals surface area contributed by atoms with E-state index in [-0.39, 0.29) is 52.4 Å². The first-order valence-corrected chi connectivity index (χ1v) is 8.92. The van der Waals surface area contributed by atoms with E-state index in [0.29, 0.717) is 52.4 Å². The number of carboxylic acid groups (broad SMARTS) is 4. The molecule has 0 saturated carbocycles. The van der Waals surface area contributed by atoms with Gasteiger partial charge in [0, 0.05) is 52.4 Å². The Morgan fingerprint density at radius 3 is 0.690 bits per heavy atom. The minimum Gasteiger partial charge on any atom is -0.480 e. The first kappa shape index (κ1) is 27.6. The molecule has 0 amide bonds. The van der Waals surface area contributed by atoms with Crippen molar-refractivity contribution in [1.82, 2.24) is 19.6 Å². The monoisotopic (exact) mass is 494 g/mol. The topological polar surface area (TPSA) is 162 Å². The predicted octanol–water partition coefficient (Wildman–Crippen LogP) is -2.46. The summed E-state index contributed by atoms with van der Waals surface area (Å²) in [4.78, 5) is 50.9. The van der Waals surface area contributed by atoms with Crippen molar-refractivity contribution in [3.63, 3.8) is 0 Å². The van der Waals surface area contributed by atoms with E-state index in [0.717, 1.165) is 0 Å². The maximum Gasteiger partial charge on any atom is 4.00 e. The quantitative estimate of drug-likeness (QED) is 0.281. The molecule has 1 aliphatic rings. The van der Waals surface area contributed by atoms with Crippen molar-refractivity contribution < 1.29 is 65.8 Å². The number of aliphatic carboxylic acids is 4. The molecule has 160 valence electrons. The summed E-state index contributed by atoms with van der Waals surface area (Å²) in [5, 5.41) is 36.3. The van der Waals surface area contributed by atoms with Gasteiger partial charge in [0.1, 0.15) is 0 Å². The van der Waals surface area contributed by atoms with Crippen molar-refractivity contribution in [3.8, 4) is 0 Å². The number of hydrogen-bond donors (Lipinski definition) is 4. The molecule has 29 heavy (non-hydrogen) atoms. The zero-order valence-corrected chi connectivity index (χ0v) is 18.7. The Morgan fingerprint density at radius 2 is 0.586 bits per heavy atom. The first-order chi connectivity index (χ1) is 13.2. The van der Waals surface area contributed by atoms with Crippen LogP contribution in [0.25, 0.3) is 0 Å². The molecule has 1 aliphatic heterocycles. The maximum atomic E-state index is 11.1. The Labute approximate surface area is 187 Å². The average Bonchev–Trinajstić information content (AvgIpc) is 2.55. The van der Waals surface area contributed by atoms with Crippen LogP contribution in [0.15, 0.2) is 0 Å². The second kappa shape index (κ2) is 14.6. The third-order valence-corrected chi connectivity index (χ3v) is 4.37. The number of hydrogen-bond acceptors (Lipinski definition) is 8. The summed E-state index contributed by atoms with van der Waals surface area (Å²) in [5.41, 5.74) is 0. The number of nitrogens with zero attached hydrogens (tertiary/aromatic N) is 4. The fourth-order valence-electron chi connectivity index (χ4n) is 2.98. The summed E-state index contributed by atoms with van der Waals surface area (Å²) in [6.45, 7) is 1.52. The molecular formula is C16H28N4O8Zr+4. The molecule has 0 aromatic heterocycles. The third-order valence-electron chi connectivity index (χ3n) is 4.37. The zero-order chi connectivity index (χ0) is 21.1. The molecule has 0 atom stereocenters. The Morgan fingerprint density at radius 1 is 0.448 bits per heavy atom. The van der Waals surface area contributed by atoms with Gasteiger partial charge in [-0.15, -0.1) is 0 Å². The smallest absolute Gasteiger partial charge is 0.480 e. The molecular weight excluding hydrogens is 467 g/mol. The minimum atomic E-state index is -1.02. The van der Waals surface area contributed by atoms with Gasteiger partial charge in [0.2, 0.25) is 0 Å². The first-order valence-electron chi connectivity index (χ1n) is 8.92. The molecule has 13 heteroatoms. The van der Waals surface area contributed by atoms with Crippen LogP contribution < -0.4 is 0 Å². The fraction of sp³-hybridized carbons (Fsp3) is 0.750. The van der Waals surface area contributed by atoms with Crippen LogP contribution in [0.3, 0.4) is 0 Å². The van der Waals surface area contributed by atoms with Gasteiger partial charge in [-0.3, -0.25) is 38.8 Å². The molecule has 0 aromatic rings. The Balaban J connectivity index is 0.00000784. The molecule has 4 N–H and O–H groups in total. The number of carboxylic acids is 4. The molecule has 0 aromatic carbocycles. The molecule has 0 spiro atoms. The molecule has 1 saturated heterocycles. The van der Waals surface area contributed by atoms with Gasteiger partial charge in [0.25, 0.3) is 0 Å². The van der Waals surface area contributed by atoms with Crippen molar-refractivity contribution in [2.75, 3.05) is 78.5 Å². The van der Waals surface area contributed by atoms with Crippen LogP contribution in [0.4, 0.5) is 0 Å². The summed E-state index contributed by atoms with van der Waals surface area (Å²) in [5.74, 6) is -4.08. The van der Waals surface area contributed by atoms with Crippen LogP contribution in [-0.2, 0) is 45.4 Å². The maximum absolute atomic E-state index is 11.1. The molecule has 1 fully saturated rings. The van der Waals surface area contributed by atoms with E-state index in [1.807, 2.05) is 0 Å². The van der Waals surface area contributed by atoms with Crippen molar-refractivity contribution in [1.29, 1.82) is 0 Å². The van der Waals surface area contributed by atoms with E-state index in [1.165, 1.54) is 0 Å². The summed E-state index contributed by atoms with van der Waals surface area (Å²) < 4.78 is 0. The van der Waals surface area contributed by atoms with Crippen LogP contribution in [0.2, 0.25) is 0 Å². The molecule has 1 rings (SSSR count). The van der Waals surface area contributed by atoms with Crippen LogP contribution in [0.5, 0.6) is 0 Å². The van der Waals surface area contributed by atoms with Crippen LogP contribution >= 0.6 is 0 Å². The molecule has 0 unspecified atom stereocenters. The predicted molar refractivity (Wildman–Crippen MR) is 96.3 cm³/mol. The van der Waals surface area contributed by atoms with Crippen molar-refractivity contribution >= 4 is 23.9 Å². The molecule has 0 radical (unpaired) electrons. The molecule has 12 nitrogen and oxygen atoms in total. The van der Waals surface area contributed by atoms with E-state index >= 15 is 0 Å². The van der Waals surface area contributed by atoms with Gasteiger partial charge in [-0.05, 0) is 0 Å². The second-order valence-electron chi connectivity index (χ2n) is 6.68. The van der Waals surface area contributed by atoms with Gasteiger partial charge in [0.05, 0.1) is 26.2 Å². The van der Waals surface area contributed by atoms with Crippen molar-refractivity contribution in [2.24, 2.45) is 0 Å². The van der Waals surface area contributed by atoms with Crippen molar-refractivity contribution in [3.05, 3.63) is 0 Å². The van der Waals surface area contributed by atoms with Crippen molar-refractivity contribution in [2.45, 2.75) is 0 Å². The van der Waals surface area contributed by atoms with Crippen LogP contribution in [0.1, 0.15) is 0 Å². The van der Waals surface area contributed by atoms with E-state index < -0.39 is 23.9 Å². The Kier molecular flexibility index (Phi) is 13.9. The summed E-state index contributed by atoms with van der Waals surface area (Å²) in [6, 6.07) is 0. The summed E-state index contributed by atoms with van der Waals surface area (Å²) in [7, 11) is 0. The normalized spacial score (nSPS) is 18.8. The molecule has 1 heterocycles. The van der Waals surface area contributed by atoms with Gasteiger partial charge in [0.15, 0.2) is 0 Å². The third kappa shape index (κ3) is 13.4. The Bertz CT molecular complexity index is 453. The standard InChI is InChI=1S/C16H28N4O8.Zr/c21-13(22)9-17-1-2-18(10-14(23)24)5-6-20(12-16(27)28)8-7-19(4-3-17)11-15(25)26;/h1-12H2,(H,21,22)(H,23,24)(H,25,26)(H,27,28);/q;+4. The number of carbonyl (C=O) groups is 4. The van der Waals surface area contributed by atoms with E-state index in [4.69, 9.17) is 20.4 Å². The van der Waals surface area contributed by atoms with Gasteiger partial charge in [-0.2, -0.15) is 0 Å². The van der Waals surface area contributed by atoms with Crippen LogP contribution in [-0.4, -0.2) is 142 Å². The Hall–Kier alpha value is -1.40. The van der Waals surface area contributed by atoms with Gasteiger partial charge < -0.3 is 20.4 Å². The minimum absolute atomic E-state index is 0. The SMILES string of the molecule is O=C(O)CN1CCN(CC(=O)O)CCN(CC(=O)O)CCN(CC(=O)O)CC1.[Zr+4]. The largest absolute Gasteiger partial charge is 4.00 e. The molecule has 0 aliphatic carbocycles. The molecule has 0 bridgehead atoms. The van der Waals surface area contributed by atoms with Crippen LogP contribution in [0, 0.1) is 0 Å². The average molecular weight is 496 g/mol. The van der Waals surface area contributed by atoms with E-state index in [2.05, 4.69) is 0 Å². The van der Waals surface area contributed by atoms with E-state index in [1.54, 1.807) is 19.6 Å². The van der Waals surface area contributed by atoms with Gasteiger partial charge in [-0.1, -0.05) is 0 Å². The summed E-state index contributed by atoms with van der Waals surface area (Å²) >= 11 is 0. The number of rotatable bonds is 8. The second-order valence-corrected chi connectivity index (χ2v) is 6.68. The summed E-state index contributed by atoms with van der Waals surface area (Å²) in [6.07, 6.45) is 0. The van der Waals surface area contributed by atoms with Gasteiger partial charge in [-0.25, -0.2) is 0 Å². The van der Waals surface area contributed by atoms with Gasteiger partial charge >= 0.3 is 50.1 Å².